The monoisotopic (exact) mass is 528 g/mol. The van der Waals surface area contributed by atoms with Crippen molar-refractivity contribution in [2.24, 2.45) is 17.6 Å². The molecule has 0 spiro atoms. The standard InChI is InChI=1S/C27H30ClF5N2O/c1-35(25(36)11-18(34)9-17-10-23(30)24(31)12-22(17)29)15-26(19-6-2-3-7-21(19)28)13-16-5-4-8-27(32,33)14-20(16)26/h2-3,6-7,10,12,16,18,20H,4-5,8-9,11,13-15,34H2,1H3/t16-,18?,20?,26+/m0/s1. The molecule has 9 heteroatoms. The van der Waals surface area contributed by atoms with Crippen molar-refractivity contribution in [3.8, 4) is 0 Å². The fraction of sp³-hybridized carbons (Fsp3) is 0.519. The van der Waals surface area contributed by atoms with Crippen LogP contribution in [0.25, 0.3) is 0 Å². The predicted molar refractivity (Wildman–Crippen MR) is 128 cm³/mol. The molecule has 0 radical (unpaired) electrons. The quantitative estimate of drug-likeness (QED) is 0.340. The number of benzene rings is 2. The molecule has 2 N–H and O–H groups in total. The van der Waals surface area contributed by atoms with Gasteiger partial charge in [0.05, 0.1) is 0 Å². The second-order valence-corrected chi connectivity index (χ2v) is 10.8. The summed E-state index contributed by atoms with van der Waals surface area (Å²) in [6.07, 6.45) is 1.13. The van der Waals surface area contributed by atoms with Crippen LogP contribution in [0.3, 0.4) is 0 Å². The number of nitrogens with zero attached hydrogens (tertiary/aromatic N) is 1. The van der Waals surface area contributed by atoms with E-state index in [1.807, 2.05) is 12.1 Å². The van der Waals surface area contributed by atoms with E-state index in [1.54, 1.807) is 19.2 Å². The number of likely N-dealkylation sites (N-methyl/N-ethyl adjacent to an activating group) is 1. The fourth-order valence-corrected chi connectivity index (χ4v) is 6.50. The zero-order valence-corrected chi connectivity index (χ0v) is 20.8. The molecule has 4 atom stereocenters. The minimum absolute atomic E-state index is 0.119. The molecule has 0 saturated heterocycles. The summed E-state index contributed by atoms with van der Waals surface area (Å²) in [6, 6.07) is 7.53. The third-order valence-corrected chi connectivity index (χ3v) is 8.23. The van der Waals surface area contributed by atoms with Crippen LogP contribution in [0.4, 0.5) is 22.0 Å². The van der Waals surface area contributed by atoms with Crippen molar-refractivity contribution < 1.29 is 26.7 Å². The van der Waals surface area contributed by atoms with Gasteiger partial charge in [-0.25, -0.2) is 22.0 Å². The second-order valence-electron chi connectivity index (χ2n) is 10.4. The Bertz CT molecular complexity index is 1130. The molecule has 2 aromatic rings. The van der Waals surface area contributed by atoms with Crippen molar-refractivity contribution >= 4 is 17.5 Å². The van der Waals surface area contributed by atoms with Crippen LogP contribution >= 0.6 is 11.6 Å². The van der Waals surface area contributed by atoms with E-state index in [4.69, 9.17) is 17.3 Å². The highest BCUT2D eigenvalue weighted by atomic mass is 35.5. The minimum atomic E-state index is -2.77. The molecule has 196 valence electrons. The van der Waals surface area contributed by atoms with Crippen molar-refractivity contribution in [2.75, 3.05) is 13.6 Å². The second kappa shape index (κ2) is 10.3. The molecule has 0 aromatic heterocycles. The van der Waals surface area contributed by atoms with Crippen LogP contribution in [-0.2, 0) is 16.6 Å². The molecule has 2 unspecified atom stereocenters. The summed E-state index contributed by atoms with van der Waals surface area (Å²) in [5, 5.41) is 0.481. The lowest BCUT2D eigenvalue weighted by Crippen LogP contribution is -2.58. The van der Waals surface area contributed by atoms with Gasteiger partial charge in [-0.05, 0) is 60.8 Å². The van der Waals surface area contributed by atoms with Crippen molar-refractivity contribution in [1.82, 2.24) is 4.90 Å². The highest BCUT2D eigenvalue weighted by Crippen LogP contribution is 2.61. The number of hydrogen-bond acceptors (Lipinski definition) is 2. The van der Waals surface area contributed by atoms with Gasteiger partial charge in [0.1, 0.15) is 5.82 Å². The molecule has 3 nitrogen and oxygen atoms in total. The van der Waals surface area contributed by atoms with Gasteiger partial charge in [0.2, 0.25) is 11.8 Å². The van der Waals surface area contributed by atoms with Crippen LogP contribution in [0.15, 0.2) is 36.4 Å². The molecule has 2 fully saturated rings. The van der Waals surface area contributed by atoms with Gasteiger partial charge in [0.25, 0.3) is 0 Å². The summed E-state index contributed by atoms with van der Waals surface area (Å²) in [5.74, 6) is -6.73. The molecule has 0 bridgehead atoms. The van der Waals surface area contributed by atoms with E-state index in [0.29, 0.717) is 23.9 Å². The molecular formula is C27H30ClF5N2O. The lowest BCUT2D eigenvalue weighted by Gasteiger charge is -2.57. The number of amides is 1. The molecule has 4 rings (SSSR count). The van der Waals surface area contributed by atoms with Gasteiger partial charge in [-0.1, -0.05) is 29.8 Å². The van der Waals surface area contributed by atoms with Crippen LogP contribution in [0, 0.1) is 29.3 Å². The van der Waals surface area contributed by atoms with Crippen molar-refractivity contribution in [3.63, 3.8) is 0 Å². The summed E-state index contributed by atoms with van der Waals surface area (Å²) in [7, 11) is 1.59. The Labute approximate surface area is 212 Å². The molecular weight excluding hydrogens is 499 g/mol. The number of alkyl halides is 2. The Balaban J connectivity index is 1.51. The average Bonchev–Trinajstić information content (AvgIpc) is 2.92. The summed E-state index contributed by atoms with van der Waals surface area (Å²) >= 11 is 6.54. The largest absolute Gasteiger partial charge is 0.345 e. The van der Waals surface area contributed by atoms with Gasteiger partial charge in [0, 0.05) is 55.4 Å². The summed E-state index contributed by atoms with van der Waals surface area (Å²) < 4.78 is 70.0. The van der Waals surface area contributed by atoms with E-state index >= 15 is 0 Å². The lowest BCUT2D eigenvalue weighted by atomic mass is 9.49. The first-order chi connectivity index (χ1) is 16.9. The Morgan fingerprint density at radius 3 is 2.56 bits per heavy atom. The lowest BCUT2D eigenvalue weighted by molar-refractivity contribution is -0.134. The van der Waals surface area contributed by atoms with Crippen LogP contribution in [-0.4, -0.2) is 36.4 Å². The van der Waals surface area contributed by atoms with E-state index in [1.165, 1.54) is 4.90 Å². The Morgan fingerprint density at radius 1 is 1.14 bits per heavy atom. The SMILES string of the molecule is CN(C[C@@]1(c2ccccc2Cl)C[C@@H]2CCCC(F)(F)CC21)C(=O)CC(N)Cc1cc(F)c(F)cc1F. The molecule has 2 aliphatic rings. The molecule has 0 heterocycles. The fourth-order valence-electron chi connectivity index (χ4n) is 6.17. The third kappa shape index (κ3) is 5.40. The number of nitrogens with two attached hydrogens (primary N) is 1. The molecule has 36 heavy (non-hydrogen) atoms. The maximum atomic E-state index is 14.6. The highest BCUT2D eigenvalue weighted by Gasteiger charge is 2.59. The van der Waals surface area contributed by atoms with Crippen LogP contribution < -0.4 is 5.73 Å². The molecule has 2 aromatic carbocycles. The van der Waals surface area contributed by atoms with E-state index in [2.05, 4.69) is 0 Å². The maximum absolute atomic E-state index is 14.6. The van der Waals surface area contributed by atoms with Crippen molar-refractivity contribution in [3.05, 3.63) is 70.0 Å². The zero-order chi connectivity index (χ0) is 26.3. The van der Waals surface area contributed by atoms with Gasteiger partial charge < -0.3 is 10.6 Å². The van der Waals surface area contributed by atoms with Gasteiger partial charge >= 0.3 is 0 Å². The Morgan fingerprint density at radius 2 is 1.83 bits per heavy atom. The van der Waals surface area contributed by atoms with Gasteiger partial charge in [0.15, 0.2) is 11.6 Å². The van der Waals surface area contributed by atoms with E-state index in [9.17, 15) is 26.7 Å². The number of carbonyl (C=O) groups excluding carboxylic acids is 1. The average molecular weight is 529 g/mol. The molecule has 0 aliphatic heterocycles. The third-order valence-electron chi connectivity index (χ3n) is 7.90. The van der Waals surface area contributed by atoms with Crippen LogP contribution in [0.5, 0.6) is 0 Å². The summed E-state index contributed by atoms with van der Waals surface area (Å²) in [5.41, 5.74) is 5.99. The number of halogens is 6. The van der Waals surface area contributed by atoms with E-state index in [0.717, 1.165) is 18.1 Å². The zero-order valence-electron chi connectivity index (χ0n) is 20.1. The summed E-state index contributed by atoms with van der Waals surface area (Å²) in [6.45, 7) is 0.194. The number of rotatable bonds is 7. The highest BCUT2D eigenvalue weighted by molar-refractivity contribution is 6.31. The molecule has 1 amide bonds. The Hall–Kier alpha value is -2.19. The number of carbonyl (C=O) groups is 1. The number of hydrogen-bond donors (Lipinski definition) is 1. The normalized spacial score (nSPS) is 25.9. The van der Waals surface area contributed by atoms with Crippen LogP contribution in [0.1, 0.15) is 49.7 Å². The van der Waals surface area contributed by atoms with Crippen molar-refractivity contribution in [1.29, 1.82) is 0 Å². The maximum Gasteiger partial charge on any atom is 0.248 e. The topological polar surface area (TPSA) is 46.3 Å². The molecule has 2 aliphatic carbocycles. The first-order valence-electron chi connectivity index (χ1n) is 12.2. The predicted octanol–water partition coefficient (Wildman–Crippen LogP) is 6.26. The first kappa shape index (κ1) is 26.9. The van der Waals surface area contributed by atoms with E-state index in [-0.39, 0.29) is 55.5 Å². The van der Waals surface area contributed by atoms with Crippen molar-refractivity contribution in [2.45, 2.75) is 62.3 Å². The smallest absolute Gasteiger partial charge is 0.248 e. The number of fused-ring (bicyclic) bond motifs is 1. The summed E-state index contributed by atoms with van der Waals surface area (Å²) in [4.78, 5) is 14.6. The van der Waals surface area contributed by atoms with E-state index < -0.39 is 34.8 Å². The van der Waals surface area contributed by atoms with Gasteiger partial charge in [-0.2, -0.15) is 0 Å². The van der Waals surface area contributed by atoms with Gasteiger partial charge in [-0.15, -0.1) is 0 Å². The Kier molecular flexibility index (Phi) is 7.68. The first-order valence-corrected chi connectivity index (χ1v) is 12.6. The molecule has 2 saturated carbocycles. The minimum Gasteiger partial charge on any atom is -0.345 e. The van der Waals surface area contributed by atoms with Crippen LogP contribution in [0.2, 0.25) is 5.02 Å². The van der Waals surface area contributed by atoms with Gasteiger partial charge in [-0.3, -0.25) is 4.79 Å².